The Hall–Kier alpha value is -2.22. The third-order valence-corrected chi connectivity index (χ3v) is 4.03. The van der Waals surface area contributed by atoms with Crippen molar-refractivity contribution in [2.24, 2.45) is 0 Å². The summed E-state index contributed by atoms with van der Waals surface area (Å²) >= 11 is 12.0. The highest BCUT2D eigenvalue weighted by molar-refractivity contribution is 6.35. The molecule has 0 aliphatic heterocycles. The van der Waals surface area contributed by atoms with Crippen LogP contribution in [0, 0.1) is 11.3 Å². The number of nitrogens with one attached hydrogen (secondary N) is 1. The van der Waals surface area contributed by atoms with Crippen LogP contribution in [0.1, 0.15) is 31.0 Å². The molecule has 1 amide bonds. The van der Waals surface area contributed by atoms with Gasteiger partial charge in [0.2, 0.25) is 0 Å². The summed E-state index contributed by atoms with van der Waals surface area (Å²) in [7, 11) is 0. The van der Waals surface area contributed by atoms with Crippen molar-refractivity contribution in [3.63, 3.8) is 0 Å². The molecule has 1 N–H and O–H groups in total. The van der Waals surface area contributed by atoms with Crippen LogP contribution in [0.4, 0.5) is 0 Å². The molecule has 0 aliphatic rings. The molecule has 0 aromatic heterocycles. The summed E-state index contributed by atoms with van der Waals surface area (Å²) in [4.78, 5) is 12.3. The molecule has 0 saturated heterocycles. The molecule has 0 radical (unpaired) electrons. The maximum Gasteiger partial charge on any atom is 0.261 e. The average Bonchev–Trinajstić information content (AvgIpc) is 2.55. The lowest BCUT2D eigenvalue weighted by Crippen LogP contribution is -2.38. The second-order valence-corrected chi connectivity index (χ2v) is 6.11. The Kier molecular flexibility index (Phi) is 6.08. The van der Waals surface area contributed by atoms with E-state index in [1.807, 2.05) is 13.0 Å². The van der Waals surface area contributed by atoms with E-state index in [2.05, 4.69) is 5.32 Å². The van der Waals surface area contributed by atoms with E-state index in [4.69, 9.17) is 33.2 Å². The van der Waals surface area contributed by atoms with Crippen LogP contribution in [0.25, 0.3) is 0 Å². The van der Waals surface area contributed by atoms with Crippen molar-refractivity contribution in [1.29, 1.82) is 5.26 Å². The maximum atomic E-state index is 12.3. The van der Waals surface area contributed by atoms with Gasteiger partial charge in [-0.25, -0.2) is 0 Å². The number of para-hydroxylation sites is 1. The smallest absolute Gasteiger partial charge is 0.261 e. The molecular formula is C18H16Cl2N2O2. The van der Waals surface area contributed by atoms with Gasteiger partial charge >= 0.3 is 0 Å². The Bertz CT molecular complexity index is 787. The average molecular weight is 363 g/mol. The van der Waals surface area contributed by atoms with E-state index in [0.29, 0.717) is 21.4 Å². The molecule has 0 bridgehead atoms. The zero-order chi connectivity index (χ0) is 17.7. The number of carbonyl (C=O) groups is 1. The summed E-state index contributed by atoms with van der Waals surface area (Å²) in [5.74, 6) is 0.0705. The number of amides is 1. The van der Waals surface area contributed by atoms with Crippen molar-refractivity contribution < 1.29 is 9.53 Å². The minimum absolute atomic E-state index is 0.304. The van der Waals surface area contributed by atoms with Gasteiger partial charge in [-0.3, -0.25) is 4.79 Å². The van der Waals surface area contributed by atoms with E-state index in [1.165, 1.54) is 0 Å². The molecule has 124 valence electrons. The van der Waals surface area contributed by atoms with Crippen molar-refractivity contribution in [3.05, 3.63) is 63.6 Å². The predicted molar refractivity (Wildman–Crippen MR) is 94.3 cm³/mol. The van der Waals surface area contributed by atoms with Gasteiger partial charge in [-0.15, -0.1) is 0 Å². The number of nitrogens with zero attached hydrogens (tertiary/aromatic N) is 1. The fraction of sp³-hybridized carbons (Fsp3) is 0.222. The van der Waals surface area contributed by atoms with Crippen LogP contribution in [0.3, 0.4) is 0 Å². The van der Waals surface area contributed by atoms with Crippen molar-refractivity contribution in [1.82, 2.24) is 5.32 Å². The number of nitriles is 1. The number of hydrogen-bond donors (Lipinski definition) is 1. The summed E-state index contributed by atoms with van der Waals surface area (Å²) in [5, 5.41) is 12.9. The summed E-state index contributed by atoms with van der Waals surface area (Å²) in [6, 6.07) is 13.6. The van der Waals surface area contributed by atoms with Crippen LogP contribution in [-0.4, -0.2) is 12.0 Å². The molecule has 6 heteroatoms. The molecular weight excluding hydrogens is 347 g/mol. The predicted octanol–water partition coefficient (Wildman–Crippen LogP) is 4.51. The second kappa shape index (κ2) is 8.05. The molecule has 2 atom stereocenters. The third-order valence-electron chi connectivity index (χ3n) is 3.47. The van der Waals surface area contributed by atoms with Crippen LogP contribution in [-0.2, 0) is 4.79 Å². The number of halogens is 2. The van der Waals surface area contributed by atoms with Gasteiger partial charge in [0, 0.05) is 10.0 Å². The standard InChI is InChI=1S/C18H16Cl2N2O2/c1-11(15-8-7-14(19)9-16(15)20)22-18(23)12(2)24-17-6-4-3-5-13(17)10-21/h3-9,11-12H,1-2H3,(H,22,23)/t11-,12-/m1/s1. The van der Waals surface area contributed by atoms with Gasteiger partial charge in [0.25, 0.3) is 5.91 Å². The Labute approximate surface area is 151 Å². The molecule has 0 aliphatic carbocycles. The number of rotatable bonds is 5. The quantitative estimate of drug-likeness (QED) is 0.850. The summed E-state index contributed by atoms with van der Waals surface area (Å²) in [5.41, 5.74) is 1.14. The summed E-state index contributed by atoms with van der Waals surface area (Å²) in [6.45, 7) is 3.45. The minimum atomic E-state index is -0.756. The molecule has 2 rings (SSSR count). The summed E-state index contributed by atoms with van der Waals surface area (Å²) < 4.78 is 5.60. The normalized spacial score (nSPS) is 12.8. The van der Waals surface area contributed by atoms with Crippen LogP contribution in [0.15, 0.2) is 42.5 Å². The van der Waals surface area contributed by atoms with Gasteiger partial charge in [0.05, 0.1) is 11.6 Å². The van der Waals surface area contributed by atoms with Crippen molar-refractivity contribution in [3.8, 4) is 11.8 Å². The lowest BCUT2D eigenvalue weighted by Gasteiger charge is -2.20. The molecule has 0 saturated carbocycles. The first-order valence-corrected chi connectivity index (χ1v) is 8.09. The van der Waals surface area contributed by atoms with Crippen LogP contribution in [0.2, 0.25) is 10.0 Å². The van der Waals surface area contributed by atoms with Gasteiger partial charge in [0.1, 0.15) is 11.8 Å². The number of ether oxygens (including phenoxy) is 1. The largest absolute Gasteiger partial charge is 0.480 e. The van der Waals surface area contributed by atoms with Crippen LogP contribution in [0.5, 0.6) is 5.75 Å². The van der Waals surface area contributed by atoms with Gasteiger partial charge in [-0.2, -0.15) is 5.26 Å². The fourth-order valence-electron chi connectivity index (χ4n) is 2.17. The highest BCUT2D eigenvalue weighted by atomic mass is 35.5. The van der Waals surface area contributed by atoms with E-state index in [9.17, 15) is 4.79 Å². The Morgan fingerprint density at radius 1 is 1.21 bits per heavy atom. The van der Waals surface area contributed by atoms with Crippen molar-refractivity contribution >= 4 is 29.1 Å². The highest BCUT2D eigenvalue weighted by Crippen LogP contribution is 2.26. The first-order chi connectivity index (χ1) is 11.4. The van der Waals surface area contributed by atoms with Gasteiger partial charge < -0.3 is 10.1 Å². The number of hydrogen-bond acceptors (Lipinski definition) is 3. The summed E-state index contributed by atoms with van der Waals surface area (Å²) in [6.07, 6.45) is -0.756. The molecule has 0 unspecified atom stereocenters. The fourth-order valence-corrected chi connectivity index (χ4v) is 2.74. The van der Waals surface area contributed by atoms with E-state index in [-0.39, 0.29) is 11.9 Å². The minimum Gasteiger partial charge on any atom is -0.480 e. The monoisotopic (exact) mass is 362 g/mol. The Morgan fingerprint density at radius 3 is 2.58 bits per heavy atom. The number of carbonyl (C=O) groups excluding carboxylic acids is 1. The van der Waals surface area contributed by atoms with E-state index < -0.39 is 6.10 Å². The van der Waals surface area contributed by atoms with E-state index in [0.717, 1.165) is 5.56 Å². The van der Waals surface area contributed by atoms with Gasteiger partial charge in [-0.05, 0) is 43.7 Å². The molecule has 24 heavy (non-hydrogen) atoms. The first-order valence-electron chi connectivity index (χ1n) is 7.33. The van der Waals surface area contributed by atoms with Gasteiger partial charge in [0.15, 0.2) is 6.10 Å². The zero-order valence-corrected chi connectivity index (χ0v) is 14.7. The molecule has 4 nitrogen and oxygen atoms in total. The molecule has 0 fully saturated rings. The van der Waals surface area contributed by atoms with E-state index in [1.54, 1.807) is 49.4 Å². The Morgan fingerprint density at radius 2 is 1.92 bits per heavy atom. The second-order valence-electron chi connectivity index (χ2n) is 5.26. The van der Waals surface area contributed by atoms with Crippen molar-refractivity contribution in [2.45, 2.75) is 26.0 Å². The van der Waals surface area contributed by atoms with E-state index >= 15 is 0 Å². The first kappa shape index (κ1) is 18.1. The molecule has 0 spiro atoms. The third kappa shape index (κ3) is 4.41. The SMILES string of the molecule is C[C@@H](Oc1ccccc1C#N)C(=O)N[C@H](C)c1ccc(Cl)cc1Cl. The molecule has 2 aromatic carbocycles. The lowest BCUT2D eigenvalue weighted by molar-refractivity contribution is -0.127. The molecule has 0 heterocycles. The molecule has 2 aromatic rings. The van der Waals surface area contributed by atoms with Gasteiger partial charge in [-0.1, -0.05) is 41.4 Å². The van der Waals surface area contributed by atoms with Crippen molar-refractivity contribution in [2.75, 3.05) is 0 Å². The highest BCUT2D eigenvalue weighted by Gasteiger charge is 2.20. The van der Waals surface area contributed by atoms with Crippen LogP contribution < -0.4 is 10.1 Å². The zero-order valence-electron chi connectivity index (χ0n) is 13.2. The Balaban J connectivity index is 2.04. The number of benzene rings is 2. The van der Waals surface area contributed by atoms with Crippen LogP contribution >= 0.6 is 23.2 Å². The lowest BCUT2D eigenvalue weighted by atomic mass is 10.1. The maximum absolute atomic E-state index is 12.3. The topological polar surface area (TPSA) is 62.1 Å².